The third-order valence-corrected chi connectivity index (χ3v) is 11.7. The molecule has 4 aromatic rings. The quantitative estimate of drug-likeness (QED) is 0.121. The van der Waals surface area contributed by atoms with Gasteiger partial charge in [-0.1, -0.05) is 170 Å². The minimum atomic E-state index is -0.103. The van der Waals surface area contributed by atoms with Crippen LogP contribution in [0.1, 0.15) is 126 Å². The number of hydrogen-bond acceptors (Lipinski definition) is 2. The van der Waals surface area contributed by atoms with Crippen molar-refractivity contribution >= 4 is 51.5 Å². The second kappa shape index (κ2) is 14.6. The molecule has 0 atom stereocenters. The zero-order valence-corrected chi connectivity index (χ0v) is 36.9. The third kappa shape index (κ3) is 7.31. The van der Waals surface area contributed by atoms with Gasteiger partial charge in [-0.3, -0.25) is 0 Å². The first kappa shape index (κ1) is 40.9. The zero-order valence-electron chi connectivity index (χ0n) is 36.9. The zero-order chi connectivity index (χ0) is 41.1. The molecule has 0 fully saturated rings. The van der Waals surface area contributed by atoms with E-state index in [1.807, 2.05) is 12.2 Å². The van der Waals surface area contributed by atoms with Crippen molar-refractivity contribution in [1.82, 2.24) is 0 Å². The van der Waals surface area contributed by atoms with Gasteiger partial charge in [0.2, 0.25) is 0 Å². The molecule has 2 nitrogen and oxygen atoms in total. The lowest BCUT2D eigenvalue weighted by Crippen LogP contribution is -2.62. The number of anilines is 5. The van der Waals surface area contributed by atoms with E-state index in [0.717, 1.165) is 23.3 Å². The number of benzene rings is 4. The maximum Gasteiger partial charge on any atom is 0.252 e. The van der Waals surface area contributed by atoms with Gasteiger partial charge in [-0.25, -0.2) is 0 Å². The van der Waals surface area contributed by atoms with Gasteiger partial charge in [0.05, 0.1) is 0 Å². The van der Waals surface area contributed by atoms with Crippen molar-refractivity contribution in [2.75, 3.05) is 9.80 Å². The highest BCUT2D eigenvalue weighted by atomic mass is 15.2. The first-order chi connectivity index (χ1) is 26.1. The topological polar surface area (TPSA) is 6.48 Å². The Morgan fingerprint density at radius 1 is 0.607 bits per heavy atom. The van der Waals surface area contributed by atoms with Gasteiger partial charge >= 0.3 is 0 Å². The van der Waals surface area contributed by atoms with Crippen LogP contribution in [-0.4, -0.2) is 6.71 Å². The van der Waals surface area contributed by atoms with Gasteiger partial charge < -0.3 is 9.80 Å². The lowest BCUT2D eigenvalue weighted by atomic mass is 9.33. The highest BCUT2D eigenvalue weighted by molar-refractivity contribution is 7.00. The van der Waals surface area contributed by atoms with Crippen LogP contribution in [0.4, 0.5) is 28.4 Å². The first-order valence-corrected chi connectivity index (χ1v) is 20.7. The van der Waals surface area contributed by atoms with Crippen LogP contribution < -0.4 is 26.2 Å². The van der Waals surface area contributed by atoms with Crippen molar-refractivity contribution in [3.63, 3.8) is 0 Å². The molecule has 290 valence electrons. The van der Waals surface area contributed by atoms with E-state index in [2.05, 4.69) is 211 Å². The van der Waals surface area contributed by atoms with Gasteiger partial charge in [-0.2, -0.15) is 0 Å². The van der Waals surface area contributed by atoms with Crippen LogP contribution in [0.5, 0.6) is 0 Å². The number of allylic oxidation sites excluding steroid dienone is 6. The summed E-state index contributed by atoms with van der Waals surface area (Å²) in [6.07, 6.45) is 11.5. The van der Waals surface area contributed by atoms with Gasteiger partial charge in [0.25, 0.3) is 6.71 Å². The van der Waals surface area contributed by atoms with E-state index in [0.29, 0.717) is 0 Å². The van der Waals surface area contributed by atoms with Gasteiger partial charge in [0.15, 0.2) is 0 Å². The molecule has 0 amide bonds. The molecule has 2 aliphatic heterocycles. The molecular formula is C53H65BN2. The Kier molecular flexibility index (Phi) is 10.7. The molecule has 0 saturated heterocycles. The van der Waals surface area contributed by atoms with E-state index < -0.39 is 0 Å². The summed E-state index contributed by atoms with van der Waals surface area (Å²) in [6.45, 7) is 40.7. The fraction of sp³-hybridized carbons (Fsp3) is 0.358. The minimum absolute atomic E-state index is 0.0131. The second-order valence-corrected chi connectivity index (χ2v) is 19.9. The van der Waals surface area contributed by atoms with Crippen molar-refractivity contribution in [2.24, 2.45) is 0 Å². The summed E-state index contributed by atoms with van der Waals surface area (Å²) in [5, 5.41) is 0. The Morgan fingerprint density at radius 2 is 1.11 bits per heavy atom. The third-order valence-electron chi connectivity index (χ3n) is 11.7. The van der Waals surface area contributed by atoms with E-state index >= 15 is 0 Å². The van der Waals surface area contributed by atoms with E-state index in [9.17, 15) is 0 Å². The van der Waals surface area contributed by atoms with Crippen molar-refractivity contribution < 1.29 is 0 Å². The highest BCUT2D eigenvalue weighted by Gasteiger charge is 2.45. The molecule has 0 bridgehead atoms. The predicted octanol–water partition coefficient (Wildman–Crippen LogP) is 13.2. The van der Waals surface area contributed by atoms with Crippen LogP contribution >= 0.6 is 0 Å². The fourth-order valence-electron chi connectivity index (χ4n) is 8.39. The van der Waals surface area contributed by atoms with Crippen LogP contribution in [0.2, 0.25) is 0 Å². The van der Waals surface area contributed by atoms with Crippen LogP contribution in [0, 0.1) is 0 Å². The standard InChI is InChI=1S/C53H65BN2/c1-17-21-35(19-3)41(22-18-2)44(20-4)56-46-30-26-38(52(11,12)13)32-43(46)54-42-31-37(51(8,9)10)25-29-45(42)55(40-27-23-36(24-28-40)50(5,6)7)47-33-39(53(14,15)16)34-48(56)49(47)54/h17,19-34H,1,3,18H2,2,4-16H3/b35-21+,41-22-,44-20+. The highest BCUT2D eigenvalue weighted by Crippen LogP contribution is 2.47. The summed E-state index contributed by atoms with van der Waals surface area (Å²) in [4.78, 5) is 5.12. The molecule has 0 aliphatic carbocycles. The van der Waals surface area contributed by atoms with Gasteiger partial charge in [-0.05, 0) is 116 Å². The minimum Gasteiger partial charge on any atom is -0.311 e. The summed E-state index contributed by atoms with van der Waals surface area (Å²) in [5.74, 6) is 0. The molecule has 0 saturated carbocycles. The Balaban J connectivity index is 1.82. The van der Waals surface area contributed by atoms with Crippen LogP contribution in [-0.2, 0) is 21.7 Å². The Labute approximate surface area is 340 Å². The van der Waals surface area contributed by atoms with Crippen LogP contribution in [0.3, 0.4) is 0 Å². The molecule has 6 rings (SSSR count). The number of fused-ring (bicyclic) bond motifs is 4. The molecule has 0 N–H and O–H groups in total. The molecule has 4 aromatic carbocycles. The largest absolute Gasteiger partial charge is 0.311 e. The average Bonchev–Trinajstić information content (AvgIpc) is 3.12. The van der Waals surface area contributed by atoms with Crippen LogP contribution in [0.25, 0.3) is 0 Å². The Bertz CT molecular complexity index is 2270. The maximum absolute atomic E-state index is 4.28. The smallest absolute Gasteiger partial charge is 0.252 e. The van der Waals surface area contributed by atoms with Crippen LogP contribution in [0.15, 0.2) is 133 Å². The first-order valence-electron chi connectivity index (χ1n) is 20.7. The summed E-state index contributed by atoms with van der Waals surface area (Å²) in [7, 11) is 0. The average molecular weight is 741 g/mol. The molecule has 0 aromatic heterocycles. The molecule has 2 heterocycles. The van der Waals surface area contributed by atoms with E-state index in [4.69, 9.17) is 0 Å². The van der Waals surface area contributed by atoms with Gasteiger partial charge in [0, 0.05) is 39.7 Å². The maximum atomic E-state index is 4.28. The van der Waals surface area contributed by atoms with Crippen molar-refractivity contribution in [2.45, 2.75) is 125 Å². The van der Waals surface area contributed by atoms with Gasteiger partial charge in [0.1, 0.15) is 0 Å². The van der Waals surface area contributed by atoms with E-state index in [1.54, 1.807) is 0 Å². The lowest BCUT2D eigenvalue weighted by molar-refractivity contribution is 0.589. The summed E-state index contributed by atoms with van der Waals surface area (Å²) in [5.41, 5.74) is 18.8. The second-order valence-electron chi connectivity index (χ2n) is 19.9. The summed E-state index contributed by atoms with van der Waals surface area (Å²) < 4.78 is 0. The molecule has 0 radical (unpaired) electrons. The Morgan fingerprint density at radius 3 is 1.59 bits per heavy atom. The number of nitrogens with zero attached hydrogens (tertiary/aromatic N) is 2. The normalized spacial score (nSPS) is 15.0. The molecule has 3 heteroatoms. The Hall–Kier alpha value is -4.76. The predicted molar refractivity (Wildman–Crippen MR) is 250 cm³/mol. The fourth-order valence-corrected chi connectivity index (χ4v) is 8.39. The van der Waals surface area contributed by atoms with Crippen molar-refractivity contribution in [3.8, 4) is 0 Å². The van der Waals surface area contributed by atoms with E-state index in [1.165, 1.54) is 67.1 Å². The van der Waals surface area contributed by atoms with Crippen molar-refractivity contribution in [1.29, 1.82) is 0 Å². The van der Waals surface area contributed by atoms with E-state index in [-0.39, 0.29) is 28.4 Å². The molecule has 56 heavy (non-hydrogen) atoms. The molecule has 2 aliphatic rings. The SMILES string of the molecule is C=C/C=C(C=C)/C(=C/CC)C(=C\C)/N1c2ccc(C(C)(C)C)cc2B2c3cc(C(C)(C)C)ccc3N(c3ccc(C(C)(C)C)cc3)c3cc(C(C)(C)C)cc1c32. The molecule has 0 spiro atoms. The summed E-state index contributed by atoms with van der Waals surface area (Å²) >= 11 is 0. The number of hydrogen-bond donors (Lipinski definition) is 0. The summed E-state index contributed by atoms with van der Waals surface area (Å²) in [6, 6.07) is 28.8. The van der Waals surface area contributed by atoms with Gasteiger partial charge in [-0.15, -0.1) is 0 Å². The van der Waals surface area contributed by atoms with Crippen molar-refractivity contribution in [3.05, 3.63) is 155 Å². The monoisotopic (exact) mass is 741 g/mol. The number of rotatable bonds is 7. The lowest BCUT2D eigenvalue weighted by Gasteiger charge is -2.46. The molecule has 0 unspecified atom stereocenters. The molecular weight excluding hydrogens is 675 g/mol.